The van der Waals surface area contributed by atoms with Gasteiger partial charge in [-0.2, -0.15) is 5.10 Å². The molecule has 0 saturated heterocycles. The number of hydrogen-bond donors (Lipinski definition) is 1. The zero-order valence-electron chi connectivity index (χ0n) is 18.8. The molecule has 7 heteroatoms. The first-order chi connectivity index (χ1) is 14.8. The van der Waals surface area contributed by atoms with Crippen LogP contribution in [0.4, 0.5) is 0 Å². The van der Waals surface area contributed by atoms with Crippen molar-refractivity contribution >= 4 is 23.7 Å². The van der Waals surface area contributed by atoms with Crippen LogP contribution in [0.1, 0.15) is 49.8 Å². The number of carbonyl (C=O) groups excluding carboxylic acids is 1. The molecule has 1 atom stereocenters. The summed E-state index contributed by atoms with van der Waals surface area (Å²) in [5, 5.41) is 4.72. The molecule has 0 aliphatic carbocycles. The second-order valence-electron chi connectivity index (χ2n) is 7.33. The smallest absolute Gasteiger partial charge is 0.280 e. The van der Waals surface area contributed by atoms with Crippen molar-refractivity contribution in [2.75, 3.05) is 13.7 Å². The van der Waals surface area contributed by atoms with Crippen LogP contribution in [0.15, 0.2) is 35.4 Å². The van der Waals surface area contributed by atoms with E-state index in [1.54, 1.807) is 32.4 Å². The summed E-state index contributed by atoms with van der Waals surface area (Å²) in [5.74, 6) is 1.54. The second kappa shape index (κ2) is 12.2. The predicted molar refractivity (Wildman–Crippen MR) is 125 cm³/mol. The SMILES string of the molecule is CCCCCOc1ccc(C=NNC(=O)C(C)Oc2cc(C)c(Cl)c(C)c2)cc1OC. The van der Waals surface area contributed by atoms with Crippen molar-refractivity contribution in [2.24, 2.45) is 5.10 Å². The standard InChI is InChI=1S/C24H31ClN2O4/c1-6-7-8-11-30-21-10-9-19(14-22(21)29-5)15-26-27-24(28)18(4)31-20-12-16(2)23(25)17(3)13-20/h9-10,12-15,18H,6-8,11H2,1-5H3,(H,27,28). The van der Waals surface area contributed by atoms with Crippen molar-refractivity contribution in [1.82, 2.24) is 5.43 Å². The number of methoxy groups -OCH3 is 1. The lowest BCUT2D eigenvalue weighted by Gasteiger charge is -2.15. The van der Waals surface area contributed by atoms with Gasteiger partial charge in [0.2, 0.25) is 0 Å². The Morgan fingerprint density at radius 3 is 2.52 bits per heavy atom. The minimum Gasteiger partial charge on any atom is -0.493 e. The normalized spacial score (nSPS) is 11.9. The van der Waals surface area contributed by atoms with Gasteiger partial charge in [0.15, 0.2) is 17.6 Å². The van der Waals surface area contributed by atoms with Gasteiger partial charge >= 0.3 is 0 Å². The van der Waals surface area contributed by atoms with Crippen molar-refractivity contribution in [3.05, 3.63) is 52.0 Å². The van der Waals surface area contributed by atoms with Crippen LogP contribution in [0.2, 0.25) is 5.02 Å². The van der Waals surface area contributed by atoms with Gasteiger partial charge in [-0.05, 0) is 74.2 Å². The monoisotopic (exact) mass is 446 g/mol. The Morgan fingerprint density at radius 1 is 1.16 bits per heavy atom. The van der Waals surface area contributed by atoms with Crippen molar-refractivity contribution in [2.45, 2.75) is 53.1 Å². The number of halogens is 1. The zero-order valence-corrected chi connectivity index (χ0v) is 19.6. The van der Waals surface area contributed by atoms with Crippen molar-refractivity contribution in [3.8, 4) is 17.2 Å². The quantitative estimate of drug-likeness (QED) is 0.283. The molecule has 0 saturated carbocycles. The van der Waals surface area contributed by atoms with Crippen LogP contribution in [-0.2, 0) is 4.79 Å². The number of aryl methyl sites for hydroxylation is 2. The van der Waals surface area contributed by atoms with Gasteiger partial charge in [-0.3, -0.25) is 4.79 Å². The molecule has 0 aliphatic rings. The average Bonchev–Trinajstić information content (AvgIpc) is 2.75. The maximum Gasteiger partial charge on any atom is 0.280 e. The third-order valence-electron chi connectivity index (χ3n) is 4.67. The number of rotatable bonds is 11. The highest BCUT2D eigenvalue weighted by atomic mass is 35.5. The summed E-state index contributed by atoms with van der Waals surface area (Å²) in [5.41, 5.74) is 5.07. The Morgan fingerprint density at radius 2 is 1.87 bits per heavy atom. The molecule has 168 valence electrons. The highest BCUT2D eigenvalue weighted by molar-refractivity contribution is 6.32. The van der Waals surface area contributed by atoms with Crippen LogP contribution in [0.3, 0.4) is 0 Å². The van der Waals surface area contributed by atoms with Gasteiger partial charge in [0.05, 0.1) is 19.9 Å². The molecule has 0 fully saturated rings. The molecule has 1 amide bonds. The van der Waals surface area contributed by atoms with E-state index in [0.717, 1.165) is 36.0 Å². The maximum atomic E-state index is 12.3. The first-order valence-electron chi connectivity index (χ1n) is 10.4. The second-order valence-corrected chi connectivity index (χ2v) is 7.71. The van der Waals surface area contributed by atoms with E-state index in [0.29, 0.717) is 28.9 Å². The van der Waals surface area contributed by atoms with E-state index in [2.05, 4.69) is 17.5 Å². The number of unbranched alkanes of at least 4 members (excludes halogenated alkanes) is 2. The van der Waals surface area contributed by atoms with Crippen LogP contribution in [0.25, 0.3) is 0 Å². The van der Waals surface area contributed by atoms with Crippen LogP contribution in [-0.4, -0.2) is 31.9 Å². The Bertz CT molecular complexity index is 891. The van der Waals surface area contributed by atoms with E-state index in [1.807, 2.05) is 32.0 Å². The first kappa shape index (κ1) is 24.5. The van der Waals surface area contributed by atoms with Gasteiger partial charge in [-0.1, -0.05) is 31.4 Å². The molecule has 0 spiro atoms. The summed E-state index contributed by atoms with van der Waals surface area (Å²) in [6.45, 7) is 8.26. The van der Waals surface area contributed by atoms with Gasteiger partial charge < -0.3 is 14.2 Å². The lowest BCUT2D eigenvalue weighted by atomic mass is 10.1. The Labute approximate surface area is 189 Å². The molecule has 2 aromatic carbocycles. The molecule has 1 unspecified atom stereocenters. The molecule has 2 aromatic rings. The summed E-state index contributed by atoms with van der Waals surface area (Å²) >= 11 is 6.17. The summed E-state index contributed by atoms with van der Waals surface area (Å²) in [6, 6.07) is 9.11. The van der Waals surface area contributed by atoms with Gasteiger partial charge in [-0.25, -0.2) is 5.43 Å². The molecule has 6 nitrogen and oxygen atoms in total. The number of hydrogen-bond acceptors (Lipinski definition) is 5. The number of hydrazone groups is 1. The predicted octanol–water partition coefficient (Wildman–Crippen LogP) is 5.45. The highest BCUT2D eigenvalue weighted by Gasteiger charge is 2.15. The topological polar surface area (TPSA) is 69.2 Å². The number of nitrogens with zero attached hydrogens (tertiary/aromatic N) is 1. The van der Waals surface area contributed by atoms with E-state index in [4.69, 9.17) is 25.8 Å². The maximum absolute atomic E-state index is 12.3. The first-order valence-corrected chi connectivity index (χ1v) is 10.8. The van der Waals surface area contributed by atoms with Gasteiger partial charge in [0, 0.05) is 5.02 Å². The van der Waals surface area contributed by atoms with Gasteiger partial charge in [0.1, 0.15) is 5.75 Å². The Kier molecular flexibility index (Phi) is 9.66. The van der Waals surface area contributed by atoms with Crippen molar-refractivity contribution < 1.29 is 19.0 Å². The Hall–Kier alpha value is -2.73. The van der Waals surface area contributed by atoms with Gasteiger partial charge in [-0.15, -0.1) is 0 Å². The summed E-state index contributed by atoms with van der Waals surface area (Å²) in [7, 11) is 1.59. The van der Waals surface area contributed by atoms with Crippen molar-refractivity contribution in [3.63, 3.8) is 0 Å². The molecule has 1 N–H and O–H groups in total. The molecule has 2 rings (SSSR count). The summed E-state index contributed by atoms with van der Waals surface area (Å²) < 4.78 is 16.9. The number of benzene rings is 2. The van der Waals surface area contributed by atoms with Crippen LogP contribution in [0, 0.1) is 13.8 Å². The van der Waals surface area contributed by atoms with Crippen LogP contribution in [0.5, 0.6) is 17.2 Å². The van der Waals surface area contributed by atoms with E-state index < -0.39 is 6.10 Å². The third-order valence-corrected chi connectivity index (χ3v) is 5.27. The fraction of sp³-hybridized carbons (Fsp3) is 0.417. The lowest BCUT2D eigenvalue weighted by Crippen LogP contribution is -2.33. The fourth-order valence-electron chi connectivity index (χ4n) is 2.91. The van der Waals surface area contributed by atoms with E-state index in [1.165, 1.54) is 0 Å². The zero-order chi connectivity index (χ0) is 22.8. The highest BCUT2D eigenvalue weighted by Crippen LogP contribution is 2.28. The minimum atomic E-state index is -0.717. The molecular formula is C24H31ClN2O4. The number of ether oxygens (including phenoxy) is 3. The molecule has 0 radical (unpaired) electrons. The van der Waals surface area contributed by atoms with E-state index in [9.17, 15) is 4.79 Å². The van der Waals surface area contributed by atoms with E-state index >= 15 is 0 Å². The van der Waals surface area contributed by atoms with Crippen LogP contribution < -0.4 is 19.6 Å². The molecule has 0 heterocycles. The summed E-state index contributed by atoms with van der Waals surface area (Å²) in [4.78, 5) is 12.3. The number of carbonyl (C=O) groups is 1. The lowest BCUT2D eigenvalue weighted by molar-refractivity contribution is -0.127. The number of nitrogens with one attached hydrogen (secondary N) is 1. The van der Waals surface area contributed by atoms with Crippen LogP contribution >= 0.6 is 11.6 Å². The molecule has 0 bridgehead atoms. The molecule has 31 heavy (non-hydrogen) atoms. The largest absolute Gasteiger partial charge is 0.493 e. The number of amides is 1. The van der Waals surface area contributed by atoms with E-state index in [-0.39, 0.29) is 5.91 Å². The molecular weight excluding hydrogens is 416 g/mol. The Balaban J connectivity index is 1.92. The third kappa shape index (κ3) is 7.47. The minimum absolute atomic E-state index is 0.357. The van der Waals surface area contributed by atoms with Crippen molar-refractivity contribution in [1.29, 1.82) is 0 Å². The summed E-state index contributed by atoms with van der Waals surface area (Å²) in [6.07, 6.45) is 4.11. The van der Waals surface area contributed by atoms with Gasteiger partial charge in [0.25, 0.3) is 5.91 Å². The molecule has 0 aromatic heterocycles. The molecule has 0 aliphatic heterocycles. The fourth-order valence-corrected chi connectivity index (χ4v) is 3.02. The average molecular weight is 447 g/mol.